The highest BCUT2D eigenvalue weighted by Crippen LogP contribution is 2.27. The fourth-order valence-electron chi connectivity index (χ4n) is 3.25. The predicted octanol–water partition coefficient (Wildman–Crippen LogP) is 3.43. The lowest BCUT2D eigenvalue weighted by Crippen LogP contribution is -2.34. The highest BCUT2D eigenvalue weighted by atomic mass is 32.2. The van der Waals surface area contributed by atoms with E-state index >= 15 is 0 Å². The van der Waals surface area contributed by atoms with Crippen molar-refractivity contribution in [2.45, 2.75) is 17.9 Å². The monoisotopic (exact) mass is 457 g/mol. The zero-order valence-corrected chi connectivity index (χ0v) is 19.3. The second-order valence-electron chi connectivity index (χ2n) is 7.49. The molecule has 1 atom stereocenters. The summed E-state index contributed by atoms with van der Waals surface area (Å²) in [5.41, 5.74) is 1.26. The molecule has 0 radical (unpaired) electrons. The van der Waals surface area contributed by atoms with E-state index in [1.54, 1.807) is 49.6 Å². The molecule has 1 amide bonds. The standard InChI is InChI=1S/C23H27N3O5S/c1-16-11-12-17(32(28,29)25-19-8-5-6-9-21(19)30-4)14-18(16)23(27)24-15-20(26(2)3)22-10-7-13-31-22/h5-14,20,25H,15H2,1-4H3,(H,24,27)/t20-/m1/s1. The molecule has 3 rings (SSSR count). The van der Waals surface area contributed by atoms with Crippen LogP contribution in [0.2, 0.25) is 0 Å². The van der Waals surface area contributed by atoms with Gasteiger partial charge in [0.15, 0.2) is 0 Å². The number of nitrogens with one attached hydrogen (secondary N) is 2. The van der Waals surface area contributed by atoms with Crippen LogP contribution >= 0.6 is 0 Å². The summed E-state index contributed by atoms with van der Waals surface area (Å²) in [5, 5.41) is 2.88. The van der Waals surface area contributed by atoms with Gasteiger partial charge < -0.3 is 14.5 Å². The largest absolute Gasteiger partial charge is 0.495 e. The summed E-state index contributed by atoms with van der Waals surface area (Å²) < 4.78 is 39.1. The van der Waals surface area contributed by atoms with E-state index in [4.69, 9.17) is 9.15 Å². The number of para-hydroxylation sites is 2. The molecule has 8 nitrogen and oxygen atoms in total. The number of hydrogen-bond acceptors (Lipinski definition) is 6. The molecule has 0 fully saturated rings. The number of nitrogens with zero attached hydrogens (tertiary/aromatic N) is 1. The van der Waals surface area contributed by atoms with Crippen molar-refractivity contribution in [3.63, 3.8) is 0 Å². The van der Waals surface area contributed by atoms with Gasteiger partial charge in [-0.2, -0.15) is 0 Å². The number of sulfonamides is 1. The number of anilines is 1. The van der Waals surface area contributed by atoms with Crippen molar-refractivity contribution >= 4 is 21.6 Å². The molecule has 0 saturated heterocycles. The van der Waals surface area contributed by atoms with Gasteiger partial charge in [-0.15, -0.1) is 0 Å². The van der Waals surface area contributed by atoms with Gasteiger partial charge in [-0.3, -0.25) is 14.4 Å². The lowest BCUT2D eigenvalue weighted by Gasteiger charge is -2.22. The molecule has 32 heavy (non-hydrogen) atoms. The van der Waals surface area contributed by atoms with E-state index in [2.05, 4.69) is 10.0 Å². The van der Waals surface area contributed by atoms with Crippen molar-refractivity contribution < 1.29 is 22.4 Å². The number of carbonyl (C=O) groups excluding carboxylic acids is 1. The molecule has 0 bridgehead atoms. The average molecular weight is 458 g/mol. The maximum Gasteiger partial charge on any atom is 0.262 e. The van der Waals surface area contributed by atoms with Crippen LogP contribution in [-0.4, -0.2) is 47.0 Å². The summed E-state index contributed by atoms with van der Waals surface area (Å²) in [6.07, 6.45) is 1.58. The van der Waals surface area contributed by atoms with Gasteiger partial charge in [-0.25, -0.2) is 8.42 Å². The molecule has 2 aromatic carbocycles. The second kappa shape index (κ2) is 9.88. The van der Waals surface area contributed by atoms with Crippen molar-refractivity contribution in [3.05, 3.63) is 77.7 Å². The van der Waals surface area contributed by atoms with Crippen molar-refractivity contribution in [2.24, 2.45) is 0 Å². The van der Waals surface area contributed by atoms with Gasteiger partial charge in [0.25, 0.3) is 15.9 Å². The van der Waals surface area contributed by atoms with Gasteiger partial charge in [-0.1, -0.05) is 18.2 Å². The van der Waals surface area contributed by atoms with Gasteiger partial charge in [0.2, 0.25) is 0 Å². The molecule has 0 aliphatic heterocycles. The van der Waals surface area contributed by atoms with Crippen LogP contribution < -0.4 is 14.8 Å². The summed E-state index contributed by atoms with van der Waals surface area (Å²) in [7, 11) is 1.31. The van der Waals surface area contributed by atoms with Crippen LogP contribution in [0, 0.1) is 6.92 Å². The van der Waals surface area contributed by atoms with Gasteiger partial charge in [0.05, 0.1) is 30.0 Å². The van der Waals surface area contributed by atoms with Gasteiger partial charge >= 0.3 is 0 Å². The Bertz CT molecular complexity index is 1170. The molecule has 0 aliphatic rings. The summed E-state index contributed by atoms with van der Waals surface area (Å²) in [6.45, 7) is 2.06. The van der Waals surface area contributed by atoms with Crippen LogP contribution in [0.3, 0.4) is 0 Å². The first-order valence-corrected chi connectivity index (χ1v) is 11.5. The molecule has 1 heterocycles. The number of furan rings is 1. The number of carbonyl (C=O) groups is 1. The van der Waals surface area contributed by atoms with E-state index in [9.17, 15) is 13.2 Å². The highest BCUT2D eigenvalue weighted by Gasteiger charge is 2.22. The summed E-state index contributed by atoms with van der Waals surface area (Å²) >= 11 is 0. The zero-order valence-electron chi connectivity index (χ0n) is 18.5. The molecule has 2 N–H and O–H groups in total. The SMILES string of the molecule is COc1ccccc1NS(=O)(=O)c1ccc(C)c(C(=O)NC[C@H](c2ccco2)N(C)C)c1. The van der Waals surface area contributed by atoms with E-state index in [0.29, 0.717) is 23.5 Å². The summed E-state index contributed by atoms with van der Waals surface area (Å²) in [6, 6.07) is 14.6. The van der Waals surface area contributed by atoms with Gasteiger partial charge in [0, 0.05) is 12.1 Å². The van der Waals surface area contributed by atoms with Crippen molar-refractivity contribution in [3.8, 4) is 5.75 Å². The molecule has 0 aliphatic carbocycles. The number of methoxy groups -OCH3 is 1. The number of amides is 1. The predicted molar refractivity (Wildman–Crippen MR) is 122 cm³/mol. The Kier molecular flexibility index (Phi) is 7.22. The van der Waals surface area contributed by atoms with Crippen LogP contribution in [0.5, 0.6) is 5.75 Å². The molecule has 1 aromatic heterocycles. The van der Waals surface area contributed by atoms with Crippen molar-refractivity contribution in [1.29, 1.82) is 0 Å². The van der Waals surface area contributed by atoms with Crippen LogP contribution in [0.1, 0.15) is 27.7 Å². The first-order valence-electron chi connectivity index (χ1n) is 9.97. The van der Waals surface area contributed by atoms with E-state index in [-0.39, 0.29) is 22.4 Å². The number of likely N-dealkylation sites (N-methyl/N-ethyl adjacent to an activating group) is 1. The fraction of sp³-hybridized carbons (Fsp3) is 0.261. The van der Waals surface area contributed by atoms with Gasteiger partial charge in [-0.05, 0) is 63.0 Å². The first-order chi connectivity index (χ1) is 15.2. The zero-order chi connectivity index (χ0) is 23.3. The van der Waals surface area contributed by atoms with Gasteiger partial charge in [0.1, 0.15) is 11.5 Å². The fourth-order valence-corrected chi connectivity index (χ4v) is 4.34. The third kappa shape index (κ3) is 5.30. The average Bonchev–Trinajstić information content (AvgIpc) is 3.28. The lowest BCUT2D eigenvalue weighted by atomic mass is 10.1. The smallest absolute Gasteiger partial charge is 0.262 e. The Morgan fingerprint density at radius 2 is 1.88 bits per heavy atom. The minimum absolute atomic E-state index is 0.0191. The maximum absolute atomic E-state index is 12.9. The molecule has 0 spiro atoms. The van der Waals surface area contributed by atoms with Crippen LogP contribution in [0.25, 0.3) is 0 Å². The normalized spacial score (nSPS) is 12.4. The maximum atomic E-state index is 12.9. The third-order valence-electron chi connectivity index (χ3n) is 5.07. The van der Waals surface area contributed by atoms with Crippen molar-refractivity contribution in [1.82, 2.24) is 10.2 Å². The van der Waals surface area contributed by atoms with E-state index in [0.717, 1.165) is 5.76 Å². The molecular formula is C23H27N3O5S. The second-order valence-corrected chi connectivity index (χ2v) is 9.17. The number of ether oxygens (including phenoxy) is 1. The van der Waals surface area contributed by atoms with E-state index in [1.807, 2.05) is 25.1 Å². The Morgan fingerprint density at radius 1 is 1.12 bits per heavy atom. The number of aryl methyl sites for hydroxylation is 1. The van der Waals surface area contributed by atoms with E-state index in [1.165, 1.54) is 19.2 Å². The first kappa shape index (κ1) is 23.4. The Hall–Kier alpha value is -3.30. The summed E-state index contributed by atoms with van der Waals surface area (Å²) in [4.78, 5) is 14.8. The van der Waals surface area contributed by atoms with Crippen molar-refractivity contribution in [2.75, 3.05) is 32.5 Å². The molecule has 0 saturated carbocycles. The quantitative estimate of drug-likeness (QED) is 0.511. The number of rotatable bonds is 9. The molecule has 3 aromatic rings. The Balaban J connectivity index is 1.81. The molecule has 9 heteroatoms. The molecule has 0 unspecified atom stereocenters. The van der Waals surface area contributed by atoms with E-state index < -0.39 is 10.0 Å². The van der Waals surface area contributed by atoms with Crippen LogP contribution in [0.15, 0.2) is 70.2 Å². The minimum atomic E-state index is -3.93. The highest BCUT2D eigenvalue weighted by molar-refractivity contribution is 7.92. The third-order valence-corrected chi connectivity index (χ3v) is 6.43. The molecule has 170 valence electrons. The van der Waals surface area contributed by atoms with Crippen LogP contribution in [0.4, 0.5) is 5.69 Å². The lowest BCUT2D eigenvalue weighted by molar-refractivity contribution is 0.0938. The number of benzene rings is 2. The Morgan fingerprint density at radius 3 is 2.53 bits per heavy atom. The Labute approximate surface area is 188 Å². The number of hydrogen-bond donors (Lipinski definition) is 2. The minimum Gasteiger partial charge on any atom is -0.495 e. The topological polar surface area (TPSA) is 101 Å². The molecular weight excluding hydrogens is 430 g/mol. The van der Waals surface area contributed by atoms with Crippen LogP contribution in [-0.2, 0) is 10.0 Å². The summed E-state index contributed by atoms with van der Waals surface area (Å²) in [5.74, 6) is 0.758.